The summed E-state index contributed by atoms with van der Waals surface area (Å²) in [5, 5.41) is 9.93. The van der Waals surface area contributed by atoms with Crippen molar-refractivity contribution in [1.82, 2.24) is 9.38 Å². The molecule has 0 radical (unpaired) electrons. The molecule has 150 valence electrons. The van der Waals surface area contributed by atoms with Crippen LogP contribution >= 0.6 is 12.4 Å². The Hall–Kier alpha value is -2.29. The molecule has 1 spiro atoms. The van der Waals surface area contributed by atoms with Gasteiger partial charge in [0.15, 0.2) is 5.65 Å². The normalized spacial score (nSPS) is 20.2. The first-order valence-corrected chi connectivity index (χ1v) is 10.5. The second-order valence-corrected chi connectivity index (χ2v) is 8.67. The van der Waals surface area contributed by atoms with Crippen LogP contribution in [0.2, 0.25) is 0 Å². The van der Waals surface area contributed by atoms with Crippen molar-refractivity contribution in [3.8, 4) is 6.07 Å². The number of piperidine rings is 1. The van der Waals surface area contributed by atoms with Crippen LogP contribution < -0.4 is 4.90 Å². The molecule has 2 aliphatic heterocycles. The van der Waals surface area contributed by atoms with E-state index in [0.717, 1.165) is 67.8 Å². The van der Waals surface area contributed by atoms with Crippen molar-refractivity contribution in [3.05, 3.63) is 41.0 Å². The van der Waals surface area contributed by atoms with Gasteiger partial charge in [-0.05, 0) is 67.2 Å². The maximum atomic E-state index is 9.93. The fourth-order valence-corrected chi connectivity index (χ4v) is 5.63. The summed E-state index contributed by atoms with van der Waals surface area (Å²) in [6.45, 7) is 3.96. The second-order valence-electron chi connectivity index (χ2n) is 8.67. The molecule has 3 aromatic rings. The molecule has 2 saturated heterocycles. The number of ether oxygens (including phenoxy) is 1. The maximum Gasteiger partial charge on any atom is 0.157 e. The van der Waals surface area contributed by atoms with Crippen molar-refractivity contribution in [2.24, 2.45) is 5.41 Å². The predicted molar refractivity (Wildman–Crippen MR) is 116 cm³/mol. The molecule has 0 atom stereocenters. The Morgan fingerprint density at radius 3 is 2.62 bits per heavy atom. The van der Waals surface area contributed by atoms with Gasteiger partial charge < -0.3 is 9.64 Å². The summed E-state index contributed by atoms with van der Waals surface area (Å²) >= 11 is 0. The Labute approximate surface area is 176 Å². The molecule has 3 aliphatic rings. The van der Waals surface area contributed by atoms with Gasteiger partial charge in [0.2, 0.25) is 0 Å². The number of fused-ring (bicyclic) bond motifs is 4. The topological polar surface area (TPSA) is 53.6 Å². The molecule has 6 heteroatoms. The van der Waals surface area contributed by atoms with E-state index in [-0.39, 0.29) is 12.4 Å². The molecule has 5 nitrogen and oxygen atoms in total. The predicted octanol–water partition coefficient (Wildman–Crippen LogP) is 4.28. The number of hydrogen-bond acceptors (Lipinski definition) is 4. The third-order valence-corrected chi connectivity index (χ3v) is 7.21. The van der Waals surface area contributed by atoms with E-state index in [4.69, 9.17) is 9.72 Å². The first-order chi connectivity index (χ1) is 13.8. The summed E-state index contributed by atoms with van der Waals surface area (Å²) in [4.78, 5) is 7.45. The van der Waals surface area contributed by atoms with Gasteiger partial charge in [0.05, 0.1) is 23.2 Å². The number of nitrogens with zero attached hydrogens (tertiary/aromatic N) is 4. The smallest absolute Gasteiger partial charge is 0.157 e. The van der Waals surface area contributed by atoms with Crippen molar-refractivity contribution in [2.45, 2.75) is 38.5 Å². The van der Waals surface area contributed by atoms with Gasteiger partial charge in [-0.3, -0.25) is 4.40 Å². The van der Waals surface area contributed by atoms with E-state index in [1.54, 1.807) is 0 Å². The average molecular weight is 409 g/mol. The monoisotopic (exact) mass is 408 g/mol. The van der Waals surface area contributed by atoms with Crippen LogP contribution in [0.4, 0.5) is 5.82 Å². The van der Waals surface area contributed by atoms with Crippen LogP contribution in [-0.2, 0) is 17.6 Å². The minimum atomic E-state index is 0. The van der Waals surface area contributed by atoms with Crippen LogP contribution in [0.3, 0.4) is 0 Å². The van der Waals surface area contributed by atoms with E-state index in [9.17, 15) is 5.26 Å². The molecule has 2 aromatic heterocycles. The lowest BCUT2D eigenvalue weighted by Gasteiger charge is -2.40. The molecule has 0 bridgehead atoms. The number of hydrogen-bond donors (Lipinski definition) is 0. The number of para-hydroxylation sites is 2. The van der Waals surface area contributed by atoms with Gasteiger partial charge in [-0.15, -0.1) is 12.4 Å². The fraction of sp³-hybridized carbons (Fsp3) is 0.478. The molecule has 2 fully saturated rings. The van der Waals surface area contributed by atoms with Gasteiger partial charge >= 0.3 is 0 Å². The third kappa shape index (κ3) is 2.66. The summed E-state index contributed by atoms with van der Waals surface area (Å²) < 4.78 is 8.01. The summed E-state index contributed by atoms with van der Waals surface area (Å²) in [6.07, 6.45) is 6.78. The Morgan fingerprint density at radius 2 is 1.86 bits per heavy atom. The minimum Gasteiger partial charge on any atom is -0.381 e. The quantitative estimate of drug-likeness (QED) is 0.603. The number of rotatable bonds is 1. The van der Waals surface area contributed by atoms with Crippen molar-refractivity contribution < 1.29 is 4.74 Å². The number of pyridine rings is 1. The lowest BCUT2D eigenvalue weighted by atomic mass is 9.78. The minimum absolute atomic E-state index is 0. The van der Waals surface area contributed by atoms with E-state index >= 15 is 0 Å². The highest BCUT2D eigenvalue weighted by atomic mass is 35.5. The Morgan fingerprint density at radius 1 is 1.07 bits per heavy atom. The zero-order chi connectivity index (χ0) is 18.7. The Bertz CT molecular complexity index is 1130. The van der Waals surface area contributed by atoms with Gasteiger partial charge in [0.25, 0.3) is 0 Å². The first-order valence-electron chi connectivity index (χ1n) is 10.5. The van der Waals surface area contributed by atoms with Gasteiger partial charge in [-0.25, -0.2) is 4.98 Å². The van der Waals surface area contributed by atoms with Gasteiger partial charge in [0, 0.05) is 19.7 Å². The molecule has 6 rings (SSSR count). The van der Waals surface area contributed by atoms with E-state index in [0.29, 0.717) is 5.41 Å². The molecule has 1 aliphatic carbocycles. The van der Waals surface area contributed by atoms with E-state index in [1.807, 2.05) is 6.07 Å². The maximum absolute atomic E-state index is 9.93. The number of nitriles is 1. The van der Waals surface area contributed by atoms with Crippen LogP contribution in [-0.4, -0.2) is 35.7 Å². The molecule has 29 heavy (non-hydrogen) atoms. The Kier molecular flexibility index (Phi) is 4.45. The summed E-state index contributed by atoms with van der Waals surface area (Å²) in [6, 6.07) is 10.8. The largest absolute Gasteiger partial charge is 0.381 e. The van der Waals surface area contributed by atoms with Crippen LogP contribution in [0.1, 0.15) is 42.4 Å². The summed E-state index contributed by atoms with van der Waals surface area (Å²) in [7, 11) is 0. The molecule has 0 saturated carbocycles. The number of anilines is 1. The average Bonchev–Trinajstić information content (AvgIpc) is 3.46. The number of halogens is 1. The molecular formula is C23H25ClN4O. The first kappa shape index (κ1) is 18.7. The van der Waals surface area contributed by atoms with Crippen molar-refractivity contribution in [3.63, 3.8) is 0 Å². The fourth-order valence-electron chi connectivity index (χ4n) is 5.63. The molecule has 0 N–H and O–H groups in total. The van der Waals surface area contributed by atoms with Gasteiger partial charge in [-0.2, -0.15) is 5.26 Å². The Balaban J connectivity index is 0.00000181. The van der Waals surface area contributed by atoms with Crippen molar-refractivity contribution >= 4 is 34.9 Å². The van der Waals surface area contributed by atoms with Crippen LogP contribution in [0.5, 0.6) is 0 Å². The van der Waals surface area contributed by atoms with Crippen LogP contribution in [0.25, 0.3) is 16.7 Å². The number of benzene rings is 1. The third-order valence-electron chi connectivity index (χ3n) is 7.21. The van der Waals surface area contributed by atoms with Crippen molar-refractivity contribution in [2.75, 3.05) is 31.2 Å². The highest BCUT2D eigenvalue weighted by Gasteiger charge is 2.39. The highest BCUT2D eigenvalue weighted by molar-refractivity contribution is 5.86. The summed E-state index contributed by atoms with van der Waals surface area (Å²) in [5.74, 6) is 1.30. The zero-order valence-corrected chi connectivity index (χ0v) is 17.3. The highest BCUT2D eigenvalue weighted by Crippen LogP contribution is 2.43. The lowest BCUT2D eigenvalue weighted by molar-refractivity contribution is 0.133. The zero-order valence-electron chi connectivity index (χ0n) is 16.5. The number of aromatic nitrogens is 2. The van der Waals surface area contributed by atoms with Crippen LogP contribution in [0, 0.1) is 16.7 Å². The SMILES string of the molecule is Cl.N#Cc1c2c(c(N3CCC4(CCOC4)CC3)n3c1nc1ccccc13)CCC2. The van der Waals surface area contributed by atoms with Crippen LogP contribution in [0.15, 0.2) is 24.3 Å². The molecule has 1 aromatic carbocycles. The van der Waals surface area contributed by atoms with E-state index in [1.165, 1.54) is 36.2 Å². The number of imidazole rings is 1. The molecular weight excluding hydrogens is 384 g/mol. The lowest BCUT2D eigenvalue weighted by Crippen LogP contribution is -2.41. The molecule has 4 heterocycles. The second kappa shape index (κ2) is 6.90. The molecule has 0 amide bonds. The molecule has 0 unspecified atom stereocenters. The van der Waals surface area contributed by atoms with E-state index in [2.05, 4.69) is 33.6 Å². The van der Waals surface area contributed by atoms with Crippen molar-refractivity contribution in [1.29, 1.82) is 5.26 Å². The summed E-state index contributed by atoms with van der Waals surface area (Å²) in [5.41, 5.74) is 6.72. The van der Waals surface area contributed by atoms with Gasteiger partial charge in [-0.1, -0.05) is 12.1 Å². The van der Waals surface area contributed by atoms with Gasteiger partial charge in [0.1, 0.15) is 11.9 Å². The van der Waals surface area contributed by atoms with E-state index < -0.39 is 0 Å². The standard InChI is InChI=1S/C23H24N4O.ClH/c24-14-18-16-4-3-5-17(16)22(26-11-8-23(9-12-26)10-13-28-15-23)27-20-7-2-1-6-19(20)25-21(18)27;/h1-2,6-7H,3-5,8-13,15H2;1H.